The van der Waals surface area contributed by atoms with Gasteiger partial charge in [-0.15, -0.1) is 11.3 Å². The lowest BCUT2D eigenvalue weighted by Crippen LogP contribution is -2.44. The molecular weight excluding hydrogens is 252 g/mol. The fourth-order valence-corrected chi connectivity index (χ4v) is 3.85. The van der Waals surface area contributed by atoms with E-state index in [4.69, 9.17) is 0 Å². The van der Waals surface area contributed by atoms with Gasteiger partial charge in [-0.1, -0.05) is 13.8 Å². The molecule has 2 heterocycles. The quantitative estimate of drug-likeness (QED) is 0.910. The zero-order chi connectivity index (χ0) is 13.8. The Morgan fingerprint density at radius 1 is 1.37 bits per heavy atom. The Kier molecular flexibility index (Phi) is 5.43. The van der Waals surface area contributed by atoms with Crippen LogP contribution in [0.5, 0.6) is 0 Å². The van der Waals surface area contributed by atoms with Crippen LogP contribution >= 0.6 is 11.3 Å². The van der Waals surface area contributed by atoms with Crippen molar-refractivity contribution in [2.75, 3.05) is 19.6 Å². The fraction of sp³-hybridized carbons (Fsp3) is 0.750. The third-order valence-corrected chi connectivity index (χ3v) is 5.20. The molecule has 0 amide bonds. The summed E-state index contributed by atoms with van der Waals surface area (Å²) < 4.78 is 0. The van der Waals surface area contributed by atoms with Crippen LogP contribution in [-0.2, 0) is 6.42 Å². The molecule has 0 bridgehead atoms. The van der Waals surface area contributed by atoms with Gasteiger partial charge in [0.2, 0.25) is 0 Å². The molecule has 1 aliphatic heterocycles. The van der Waals surface area contributed by atoms with Gasteiger partial charge in [0.25, 0.3) is 0 Å². The van der Waals surface area contributed by atoms with Gasteiger partial charge in [-0.25, -0.2) is 0 Å². The van der Waals surface area contributed by atoms with Crippen molar-refractivity contribution in [3.8, 4) is 0 Å². The second-order valence-electron chi connectivity index (χ2n) is 6.22. The fourth-order valence-electron chi connectivity index (χ4n) is 2.84. The summed E-state index contributed by atoms with van der Waals surface area (Å²) >= 11 is 1.95. The van der Waals surface area contributed by atoms with Gasteiger partial charge in [0.05, 0.1) is 0 Å². The minimum atomic E-state index is 0.648. The molecule has 0 spiro atoms. The largest absolute Gasteiger partial charge is 0.312 e. The van der Waals surface area contributed by atoms with E-state index in [0.29, 0.717) is 12.1 Å². The summed E-state index contributed by atoms with van der Waals surface area (Å²) in [5, 5.41) is 3.69. The first-order valence-corrected chi connectivity index (χ1v) is 8.40. The lowest BCUT2D eigenvalue weighted by atomic mass is 10.0. The van der Waals surface area contributed by atoms with Crippen molar-refractivity contribution in [1.29, 1.82) is 0 Å². The van der Waals surface area contributed by atoms with Crippen LogP contribution in [0, 0.1) is 12.8 Å². The molecule has 19 heavy (non-hydrogen) atoms. The zero-order valence-electron chi connectivity index (χ0n) is 12.8. The third-order valence-electron chi connectivity index (χ3n) is 4.18. The topological polar surface area (TPSA) is 15.3 Å². The van der Waals surface area contributed by atoms with Crippen LogP contribution in [0.15, 0.2) is 12.1 Å². The van der Waals surface area contributed by atoms with Crippen molar-refractivity contribution >= 4 is 11.3 Å². The maximum atomic E-state index is 3.69. The molecule has 0 radical (unpaired) electrons. The van der Waals surface area contributed by atoms with E-state index in [1.807, 2.05) is 11.3 Å². The van der Waals surface area contributed by atoms with E-state index < -0.39 is 0 Å². The second-order valence-corrected chi connectivity index (χ2v) is 7.59. The molecule has 1 fully saturated rings. The minimum Gasteiger partial charge on any atom is -0.312 e. The first kappa shape index (κ1) is 15.0. The Morgan fingerprint density at radius 2 is 2.16 bits per heavy atom. The first-order valence-electron chi connectivity index (χ1n) is 7.59. The maximum absolute atomic E-state index is 3.69. The third kappa shape index (κ3) is 4.30. The van der Waals surface area contributed by atoms with Gasteiger partial charge in [0.1, 0.15) is 0 Å². The Morgan fingerprint density at radius 3 is 2.79 bits per heavy atom. The summed E-state index contributed by atoms with van der Waals surface area (Å²) in [6.45, 7) is 12.8. The normalized spacial score (nSPS) is 23.5. The number of hydrogen-bond acceptors (Lipinski definition) is 3. The van der Waals surface area contributed by atoms with Crippen LogP contribution in [0.4, 0.5) is 0 Å². The van der Waals surface area contributed by atoms with E-state index in [2.05, 4.69) is 50.0 Å². The van der Waals surface area contributed by atoms with Crippen LogP contribution < -0.4 is 5.32 Å². The summed E-state index contributed by atoms with van der Waals surface area (Å²) in [5.74, 6) is 0.719. The van der Waals surface area contributed by atoms with E-state index in [9.17, 15) is 0 Å². The van der Waals surface area contributed by atoms with Crippen molar-refractivity contribution in [2.45, 2.75) is 52.6 Å². The highest BCUT2D eigenvalue weighted by atomic mass is 32.1. The van der Waals surface area contributed by atoms with Gasteiger partial charge in [0, 0.05) is 28.4 Å². The highest BCUT2D eigenvalue weighted by Gasteiger charge is 2.23. The summed E-state index contributed by atoms with van der Waals surface area (Å²) in [6.07, 6.45) is 2.47. The van der Waals surface area contributed by atoms with Crippen molar-refractivity contribution in [3.05, 3.63) is 21.9 Å². The Balaban J connectivity index is 1.94. The molecule has 0 saturated carbocycles. The predicted molar refractivity (Wildman–Crippen MR) is 85.0 cm³/mol. The smallest absolute Gasteiger partial charge is 0.0218 e. The van der Waals surface area contributed by atoms with Crippen LogP contribution in [0.2, 0.25) is 0 Å². The van der Waals surface area contributed by atoms with Gasteiger partial charge < -0.3 is 5.32 Å². The average molecular weight is 280 g/mol. The highest BCUT2D eigenvalue weighted by molar-refractivity contribution is 7.11. The van der Waals surface area contributed by atoms with E-state index in [0.717, 1.165) is 5.92 Å². The minimum absolute atomic E-state index is 0.648. The highest BCUT2D eigenvalue weighted by Crippen LogP contribution is 2.20. The lowest BCUT2D eigenvalue weighted by molar-refractivity contribution is 0.191. The number of aryl methyl sites for hydroxylation is 1. The Labute approximate surface area is 122 Å². The molecule has 1 saturated heterocycles. The van der Waals surface area contributed by atoms with Crippen molar-refractivity contribution in [3.63, 3.8) is 0 Å². The molecule has 3 heteroatoms. The van der Waals surface area contributed by atoms with Crippen molar-refractivity contribution in [1.82, 2.24) is 10.2 Å². The molecule has 0 aliphatic carbocycles. The van der Waals surface area contributed by atoms with Gasteiger partial charge in [-0.05, 0) is 57.8 Å². The first-order chi connectivity index (χ1) is 9.06. The summed E-state index contributed by atoms with van der Waals surface area (Å²) in [4.78, 5) is 5.64. The molecule has 1 aromatic heterocycles. The van der Waals surface area contributed by atoms with Gasteiger partial charge in [-0.3, -0.25) is 4.90 Å². The lowest BCUT2D eigenvalue weighted by Gasteiger charge is -2.31. The molecule has 2 rings (SSSR count). The molecular formula is C16H28N2S. The molecule has 0 aromatic carbocycles. The Hall–Kier alpha value is -0.380. The molecule has 1 aliphatic rings. The van der Waals surface area contributed by atoms with Gasteiger partial charge >= 0.3 is 0 Å². The molecule has 2 atom stereocenters. The molecule has 1 aromatic rings. The second kappa shape index (κ2) is 6.87. The van der Waals surface area contributed by atoms with Gasteiger partial charge in [0.15, 0.2) is 0 Å². The maximum Gasteiger partial charge on any atom is 0.0218 e. The van der Waals surface area contributed by atoms with Crippen LogP contribution in [0.1, 0.15) is 36.9 Å². The number of thiophene rings is 1. The van der Waals surface area contributed by atoms with E-state index in [-0.39, 0.29) is 0 Å². The van der Waals surface area contributed by atoms with E-state index in [1.54, 1.807) is 0 Å². The number of hydrogen-bond donors (Lipinski definition) is 1. The summed E-state index contributed by atoms with van der Waals surface area (Å²) in [6, 6.07) is 5.84. The Bertz CT molecular complexity index is 386. The van der Waals surface area contributed by atoms with Crippen molar-refractivity contribution in [2.24, 2.45) is 5.92 Å². The predicted octanol–water partition coefficient (Wildman–Crippen LogP) is 3.31. The number of nitrogens with one attached hydrogen (secondary N) is 1. The van der Waals surface area contributed by atoms with Crippen LogP contribution in [-0.4, -0.2) is 36.6 Å². The summed E-state index contributed by atoms with van der Waals surface area (Å²) in [5.41, 5.74) is 0. The standard InChI is InChI=1S/C16H28N2S/c1-12(2)16-11-18(9-5-8-17-16)13(3)10-15-7-6-14(4)19-15/h6-7,12-13,16-17H,5,8-11H2,1-4H3. The molecule has 2 nitrogen and oxygen atoms in total. The van der Waals surface area contributed by atoms with Crippen LogP contribution in [0.3, 0.4) is 0 Å². The van der Waals surface area contributed by atoms with E-state index >= 15 is 0 Å². The number of nitrogens with zero attached hydrogens (tertiary/aromatic N) is 1. The molecule has 108 valence electrons. The molecule has 2 unspecified atom stereocenters. The SMILES string of the molecule is Cc1ccc(CC(C)N2CCCNC(C(C)C)C2)s1. The van der Waals surface area contributed by atoms with Gasteiger partial charge in [-0.2, -0.15) is 0 Å². The monoisotopic (exact) mass is 280 g/mol. The van der Waals surface area contributed by atoms with E-state index in [1.165, 1.54) is 42.2 Å². The van der Waals surface area contributed by atoms with Crippen molar-refractivity contribution < 1.29 is 0 Å². The summed E-state index contributed by atoms with van der Waals surface area (Å²) in [7, 11) is 0. The number of rotatable bonds is 4. The van der Waals surface area contributed by atoms with Crippen LogP contribution in [0.25, 0.3) is 0 Å². The zero-order valence-corrected chi connectivity index (χ0v) is 13.6. The molecule has 1 N–H and O–H groups in total. The average Bonchev–Trinajstić information content (AvgIpc) is 2.65.